The summed E-state index contributed by atoms with van der Waals surface area (Å²) in [7, 11) is 6.59. The van der Waals surface area contributed by atoms with E-state index in [2.05, 4.69) is 0 Å². The number of hydrogen-bond donors (Lipinski definition) is 0. The molecule has 0 N–H and O–H groups in total. The van der Waals surface area contributed by atoms with E-state index in [1.165, 1.54) is 21.3 Å². The van der Waals surface area contributed by atoms with Gasteiger partial charge in [-0.1, -0.05) is 0 Å². The Morgan fingerprint density at radius 1 is 0.871 bits per heavy atom. The molecular formula is C21H24O10. The van der Waals surface area contributed by atoms with Crippen LogP contribution in [0.15, 0.2) is 16.5 Å². The minimum atomic E-state index is -0.913. The first-order chi connectivity index (χ1) is 14.9. The molecule has 0 amide bonds. The molecule has 1 heterocycles. The number of furan rings is 1. The van der Waals surface area contributed by atoms with Crippen LogP contribution >= 0.6 is 0 Å². The first kappa shape index (κ1) is 23.6. The van der Waals surface area contributed by atoms with E-state index >= 15 is 0 Å². The zero-order valence-corrected chi connectivity index (χ0v) is 18.2. The van der Waals surface area contributed by atoms with Gasteiger partial charge in [-0.25, -0.2) is 9.59 Å². The molecule has 0 radical (unpaired) electrons. The first-order valence-corrected chi connectivity index (χ1v) is 9.14. The average molecular weight is 436 g/mol. The van der Waals surface area contributed by atoms with Gasteiger partial charge in [-0.15, -0.1) is 0 Å². The van der Waals surface area contributed by atoms with Gasteiger partial charge in [0.05, 0.1) is 48.6 Å². The van der Waals surface area contributed by atoms with Crippen LogP contribution in [0, 0.1) is 0 Å². The molecule has 2 aromatic rings. The lowest BCUT2D eigenvalue weighted by Crippen LogP contribution is -2.14. The summed E-state index contributed by atoms with van der Waals surface area (Å²) in [5.41, 5.74) is 0.222. The predicted molar refractivity (Wildman–Crippen MR) is 107 cm³/mol. The molecular weight excluding hydrogens is 412 g/mol. The smallest absolute Gasteiger partial charge is 0.374 e. The summed E-state index contributed by atoms with van der Waals surface area (Å²) in [5.74, 6) is -1.84. The zero-order valence-electron chi connectivity index (χ0n) is 18.2. The maximum atomic E-state index is 12.5. The normalized spacial score (nSPS) is 10.3. The summed E-state index contributed by atoms with van der Waals surface area (Å²) in [6.07, 6.45) is -0.356. The number of carbonyl (C=O) groups is 3. The maximum Gasteiger partial charge on any atom is 0.374 e. The number of carbonyl (C=O) groups excluding carboxylic acids is 3. The molecule has 0 aliphatic heterocycles. The Morgan fingerprint density at radius 2 is 1.45 bits per heavy atom. The minimum absolute atomic E-state index is 0.0492. The first-order valence-electron chi connectivity index (χ1n) is 9.14. The van der Waals surface area contributed by atoms with Crippen molar-refractivity contribution in [3.05, 3.63) is 29.0 Å². The number of hydrogen-bond acceptors (Lipinski definition) is 10. The lowest BCUT2D eigenvalue weighted by atomic mass is 10.0. The van der Waals surface area contributed by atoms with E-state index in [1.807, 2.05) is 0 Å². The van der Waals surface area contributed by atoms with Crippen molar-refractivity contribution in [2.45, 2.75) is 13.3 Å². The summed E-state index contributed by atoms with van der Waals surface area (Å²) in [6.45, 7) is 1.78. The molecule has 1 aromatic heterocycles. The second kappa shape index (κ2) is 10.4. The van der Waals surface area contributed by atoms with E-state index in [0.29, 0.717) is 22.8 Å². The zero-order chi connectivity index (χ0) is 23.1. The van der Waals surface area contributed by atoms with Gasteiger partial charge in [0, 0.05) is 11.1 Å². The lowest BCUT2D eigenvalue weighted by molar-refractivity contribution is -0.142. The van der Waals surface area contributed by atoms with Gasteiger partial charge in [0.2, 0.25) is 11.5 Å². The summed E-state index contributed by atoms with van der Waals surface area (Å²) >= 11 is 0. The Labute approximate surface area is 178 Å². The van der Waals surface area contributed by atoms with Crippen molar-refractivity contribution >= 4 is 17.9 Å². The topological polar surface area (TPSA) is 120 Å². The highest BCUT2D eigenvalue weighted by atomic mass is 16.5. The monoisotopic (exact) mass is 436 g/mol. The fourth-order valence-corrected chi connectivity index (χ4v) is 2.99. The molecule has 10 heteroatoms. The molecule has 0 atom stereocenters. The minimum Gasteiger partial charge on any atom is -0.493 e. The van der Waals surface area contributed by atoms with Crippen LogP contribution in [-0.2, 0) is 25.4 Å². The van der Waals surface area contributed by atoms with Crippen LogP contribution in [0.2, 0.25) is 0 Å². The molecule has 2 rings (SSSR count). The van der Waals surface area contributed by atoms with Gasteiger partial charge >= 0.3 is 17.9 Å². The fourth-order valence-electron chi connectivity index (χ4n) is 2.99. The Bertz CT molecular complexity index is 948. The van der Waals surface area contributed by atoms with Crippen LogP contribution in [0.1, 0.15) is 33.4 Å². The number of methoxy groups -OCH3 is 5. The van der Waals surface area contributed by atoms with Gasteiger partial charge in [-0.3, -0.25) is 4.79 Å². The van der Waals surface area contributed by atoms with E-state index < -0.39 is 23.7 Å². The summed E-state index contributed by atoms with van der Waals surface area (Å²) in [4.78, 5) is 37.0. The SMILES string of the molecule is CCOC(=O)Cc1c(-c2cc(OC)c(OC)c(OC)c2)oc(C(=O)OC)c1C(=O)OC. The summed E-state index contributed by atoms with van der Waals surface area (Å²) in [6, 6.07) is 3.11. The van der Waals surface area contributed by atoms with Crippen molar-refractivity contribution in [3.8, 4) is 28.6 Å². The van der Waals surface area contributed by atoms with E-state index in [9.17, 15) is 14.4 Å². The van der Waals surface area contributed by atoms with Crippen molar-refractivity contribution in [3.63, 3.8) is 0 Å². The lowest BCUT2D eigenvalue weighted by Gasteiger charge is -2.14. The molecule has 0 spiro atoms. The van der Waals surface area contributed by atoms with Crippen molar-refractivity contribution in [1.29, 1.82) is 0 Å². The third kappa shape index (κ3) is 4.73. The number of esters is 3. The molecule has 0 saturated heterocycles. The Balaban J connectivity index is 2.85. The molecule has 10 nitrogen and oxygen atoms in total. The van der Waals surface area contributed by atoms with E-state index in [4.69, 9.17) is 32.8 Å². The van der Waals surface area contributed by atoms with Gasteiger partial charge < -0.3 is 32.8 Å². The predicted octanol–water partition coefficient (Wildman–Crippen LogP) is 2.65. The number of benzene rings is 1. The second-order valence-corrected chi connectivity index (χ2v) is 5.99. The molecule has 0 aliphatic carbocycles. The fraction of sp³-hybridized carbons (Fsp3) is 0.381. The standard InChI is InChI=1S/C21H24O10/c1-7-30-15(22)10-12-16(20(23)28-5)19(21(24)29-6)31-17(12)11-8-13(25-2)18(27-4)14(9-11)26-3/h8-9H,7,10H2,1-6H3. The Hall–Kier alpha value is -3.69. The Morgan fingerprint density at radius 3 is 1.90 bits per heavy atom. The molecule has 0 unspecified atom stereocenters. The maximum absolute atomic E-state index is 12.5. The molecule has 0 bridgehead atoms. The van der Waals surface area contributed by atoms with Crippen LogP contribution in [-0.4, -0.2) is 60.1 Å². The van der Waals surface area contributed by atoms with Gasteiger partial charge in [0.15, 0.2) is 11.5 Å². The van der Waals surface area contributed by atoms with Crippen molar-refractivity contribution < 1.29 is 47.2 Å². The summed E-state index contributed by atoms with van der Waals surface area (Å²) in [5, 5.41) is 0. The molecule has 31 heavy (non-hydrogen) atoms. The van der Waals surface area contributed by atoms with Crippen molar-refractivity contribution in [2.24, 2.45) is 0 Å². The van der Waals surface area contributed by atoms with Gasteiger partial charge in [0.25, 0.3) is 0 Å². The highest BCUT2D eigenvalue weighted by Gasteiger charge is 2.33. The third-order valence-electron chi connectivity index (χ3n) is 4.32. The second-order valence-electron chi connectivity index (χ2n) is 5.99. The van der Waals surface area contributed by atoms with Crippen LogP contribution in [0.25, 0.3) is 11.3 Å². The quantitative estimate of drug-likeness (QED) is 0.428. The molecule has 0 fully saturated rings. The largest absolute Gasteiger partial charge is 0.493 e. The van der Waals surface area contributed by atoms with Gasteiger partial charge in [0.1, 0.15) is 11.3 Å². The van der Waals surface area contributed by atoms with Crippen LogP contribution in [0.5, 0.6) is 17.2 Å². The van der Waals surface area contributed by atoms with Gasteiger partial charge in [-0.05, 0) is 19.1 Å². The highest BCUT2D eigenvalue weighted by molar-refractivity contribution is 6.05. The highest BCUT2D eigenvalue weighted by Crippen LogP contribution is 2.43. The summed E-state index contributed by atoms with van der Waals surface area (Å²) < 4.78 is 36.3. The van der Waals surface area contributed by atoms with Crippen molar-refractivity contribution in [2.75, 3.05) is 42.2 Å². The van der Waals surface area contributed by atoms with E-state index in [1.54, 1.807) is 19.1 Å². The molecule has 0 aliphatic rings. The third-order valence-corrected chi connectivity index (χ3v) is 4.32. The molecule has 0 saturated carbocycles. The molecule has 168 valence electrons. The number of ether oxygens (including phenoxy) is 6. The van der Waals surface area contributed by atoms with Crippen molar-refractivity contribution in [1.82, 2.24) is 0 Å². The van der Waals surface area contributed by atoms with Crippen LogP contribution < -0.4 is 14.2 Å². The Kier molecular flexibility index (Phi) is 7.89. The van der Waals surface area contributed by atoms with Gasteiger partial charge in [-0.2, -0.15) is 0 Å². The average Bonchev–Trinajstić information content (AvgIpc) is 3.15. The molecule has 1 aromatic carbocycles. The van der Waals surface area contributed by atoms with Crippen LogP contribution in [0.3, 0.4) is 0 Å². The number of rotatable bonds is 9. The van der Waals surface area contributed by atoms with E-state index in [-0.39, 0.29) is 29.9 Å². The van der Waals surface area contributed by atoms with E-state index in [0.717, 1.165) is 14.2 Å². The van der Waals surface area contributed by atoms with Crippen LogP contribution in [0.4, 0.5) is 0 Å².